The molecule has 0 spiro atoms. The summed E-state index contributed by atoms with van der Waals surface area (Å²) in [5, 5.41) is 10.3. The number of aromatic nitrogens is 1. The number of methoxy groups -OCH3 is 1. The van der Waals surface area contributed by atoms with Crippen LogP contribution in [-0.2, 0) is 4.79 Å². The quantitative estimate of drug-likeness (QED) is 0.435. The number of carbonyl (C=O) groups is 1. The molecule has 0 bridgehead atoms. The van der Waals surface area contributed by atoms with Gasteiger partial charge in [0.1, 0.15) is 11.6 Å². The topological polar surface area (TPSA) is 65.9 Å². The summed E-state index contributed by atoms with van der Waals surface area (Å²) >= 11 is 0. The summed E-state index contributed by atoms with van der Waals surface area (Å²) in [6, 6.07) is 3.85. The predicted molar refractivity (Wildman–Crippen MR) is 159 cm³/mol. The Morgan fingerprint density at radius 1 is 1.12 bits per heavy atom. The minimum atomic E-state index is -0.127. The van der Waals surface area contributed by atoms with Crippen LogP contribution in [0, 0.1) is 40.4 Å². The van der Waals surface area contributed by atoms with Crippen molar-refractivity contribution in [2.75, 3.05) is 38.2 Å². The minimum Gasteiger partial charge on any atom is -0.497 e. The number of carbonyl (C=O) groups excluding carboxylic acids is 1. The number of aliphatic hydroxyl groups excluding tert-OH is 1. The maximum Gasteiger partial charge on any atom is 0.222 e. The van der Waals surface area contributed by atoms with E-state index in [0.29, 0.717) is 29.1 Å². The molecule has 40 heavy (non-hydrogen) atoms. The zero-order valence-corrected chi connectivity index (χ0v) is 25.3. The highest BCUT2D eigenvalue weighted by Gasteiger charge is 2.59. The fourth-order valence-electron chi connectivity index (χ4n) is 10.2. The highest BCUT2D eigenvalue weighted by atomic mass is 16.5. The van der Waals surface area contributed by atoms with Gasteiger partial charge in [-0.05, 0) is 104 Å². The molecule has 6 rings (SSSR count). The second-order valence-corrected chi connectivity index (χ2v) is 14.3. The summed E-state index contributed by atoms with van der Waals surface area (Å²) in [6.45, 7) is 10.8. The molecule has 220 valence electrons. The zero-order chi connectivity index (χ0) is 28.1. The molecule has 0 radical (unpaired) electrons. The molecule has 8 atom stereocenters. The van der Waals surface area contributed by atoms with E-state index in [-0.39, 0.29) is 6.10 Å². The van der Waals surface area contributed by atoms with E-state index in [1.165, 1.54) is 32.1 Å². The average molecular weight is 550 g/mol. The van der Waals surface area contributed by atoms with Gasteiger partial charge in [-0.25, -0.2) is 4.98 Å². The number of fused-ring (bicyclic) bond motifs is 5. The third kappa shape index (κ3) is 4.86. The van der Waals surface area contributed by atoms with E-state index in [1.54, 1.807) is 18.9 Å². The molecule has 4 aliphatic carbocycles. The summed E-state index contributed by atoms with van der Waals surface area (Å²) in [5.41, 5.74) is 2.29. The third-order valence-electron chi connectivity index (χ3n) is 12.6. The van der Waals surface area contributed by atoms with E-state index >= 15 is 0 Å². The Kier molecular flexibility index (Phi) is 7.69. The van der Waals surface area contributed by atoms with Crippen molar-refractivity contribution >= 4 is 11.7 Å². The van der Waals surface area contributed by atoms with Gasteiger partial charge in [0.2, 0.25) is 5.91 Å². The van der Waals surface area contributed by atoms with Crippen molar-refractivity contribution in [2.24, 2.45) is 40.4 Å². The summed E-state index contributed by atoms with van der Waals surface area (Å²) in [7, 11) is 1.68. The molecule has 1 N–H and O–H groups in total. The van der Waals surface area contributed by atoms with Crippen LogP contribution in [0.2, 0.25) is 0 Å². The van der Waals surface area contributed by atoms with E-state index in [0.717, 1.165) is 87.1 Å². The Labute approximate surface area is 241 Å². The van der Waals surface area contributed by atoms with Gasteiger partial charge in [0.05, 0.1) is 13.2 Å². The number of hydrogen-bond acceptors (Lipinski definition) is 5. The summed E-state index contributed by atoms with van der Waals surface area (Å²) < 4.78 is 5.35. The van der Waals surface area contributed by atoms with Crippen LogP contribution in [0.15, 0.2) is 30.0 Å². The van der Waals surface area contributed by atoms with Gasteiger partial charge < -0.3 is 19.6 Å². The number of ether oxygens (including phenoxy) is 1. The predicted octanol–water partition coefficient (Wildman–Crippen LogP) is 6.10. The number of nitrogens with zero attached hydrogens (tertiary/aromatic N) is 3. The summed E-state index contributed by atoms with van der Waals surface area (Å²) in [6.07, 6.45) is 15.5. The van der Waals surface area contributed by atoms with Gasteiger partial charge in [-0.15, -0.1) is 0 Å². The third-order valence-corrected chi connectivity index (χ3v) is 12.6. The number of rotatable bonds is 6. The molecule has 1 aromatic heterocycles. The maximum absolute atomic E-state index is 13.3. The van der Waals surface area contributed by atoms with Gasteiger partial charge in [0, 0.05) is 44.9 Å². The Bertz CT molecular complexity index is 1110. The first kappa shape index (κ1) is 28.1. The number of aliphatic hydroxyl groups is 1. The number of amides is 1. The number of allylic oxidation sites excluding steroid dienone is 1. The first-order valence-electron chi connectivity index (χ1n) is 16.1. The molecule has 1 amide bonds. The Hall–Kier alpha value is -2.08. The molecular weight excluding hydrogens is 498 g/mol. The van der Waals surface area contributed by atoms with E-state index in [1.807, 2.05) is 12.1 Å². The van der Waals surface area contributed by atoms with Crippen molar-refractivity contribution in [1.82, 2.24) is 9.88 Å². The number of anilines is 1. The van der Waals surface area contributed by atoms with Gasteiger partial charge in [0.15, 0.2) is 0 Å². The van der Waals surface area contributed by atoms with Crippen LogP contribution in [0.4, 0.5) is 5.82 Å². The maximum atomic E-state index is 13.3. The average Bonchev–Trinajstić information content (AvgIpc) is 3.33. The standard InChI is InChI=1S/C34H51N3O3/c1-23(5-10-32(39)37-19-17-36(18-20-37)31-22-26(40-4)13-16-35-31)28-8-9-29-27-7-6-24-21-25(38)11-14-33(24,2)30(27)12-15-34(28,29)3/h6,13,16,22-23,25,27-30,38H,5,7-12,14-15,17-21H2,1-4H3/t23?,25-,27-,28+,29-,30-,33-,34+/m0/s1. The van der Waals surface area contributed by atoms with Crippen molar-refractivity contribution < 1.29 is 14.6 Å². The SMILES string of the molecule is COc1ccnc(N2CCN(C(=O)CCC(C)[C@H]3CC[C@H]4[C@@H]5CC=C6C[C@@H](O)CC[C@]6(C)[C@H]5CC[C@]34C)CC2)c1. The lowest BCUT2D eigenvalue weighted by molar-refractivity contribution is -0.132. The molecule has 1 unspecified atom stereocenters. The number of piperazine rings is 1. The van der Waals surface area contributed by atoms with Crippen LogP contribution in [0.25, 0.3) is 0 Å². The van der Waals surface area contributed by atoms with Crippen LogP contribution in [0.5, 0.6) is 5.75 Å². The molecule has 6 nitrogen and oxygen atoms in total. The summed E-state index contributed by atoms with van der Waals surface area (Å²) in [5.74, 6) is 5.80. The van der Waals surface area contributed by atoms with Crippen molar-refractivity contribution in [1.29, 1.82) is 0 Å². The van der Waals surface area contributed by atoms with Crippen molar-refractivity contribution in [3.63, 3.8) is 0 Å². The monoisotopic (exact) mass is 549 g/mol. The molecule has 1 aliphatic heterocycles. The minimum absolute atomic E-state index is 0.127. The molecule has 6 heteroatoms. The number of hydrogen-bond donors (Lipinski definition) is 1. The molecule has 4 fully saturated rings. The second-order valence-electron chi connectivity index (χ2n) is 14.3. The molecule has 3 saturated carbocycles. The highest BCUT2D eigenvalue weighted by molar-refractivity contribution is 5.76. The van der Waals surface area contributed by atoms with Crippen molar-refractivity contribution in [2.45, 2.75) is 91.1 Å². The van der Waals surface area contributed by atoms with Crippen molar-refractivity contribution in [3.05, 3.63) is 30.0 Å². The van der Waals surface area contributed by atoms with Gasteiger partial charge >= 0.3 is 0 Å². The Morgan fingerprint density at radius 2 is 1.93 bits per heavy atom. The smallest absolute Gasteiger partial charge is 0.222 e. The Morgan fingerprint density at radius 3 is 2.70 bits per heavy atom. The molecule has 2 heterocycles. The first-order valence-corrected chi connectivity index (χ1v) is 16.1. The van der Waals surface area contributed by atoms with E-state index < -0.39 is 0 Å². The van der Waals surface area contributed by atoms with Crippen LogP contribution in [0.1, 0.15) is 85.0 Å². The first-order chi connectivity index (χ1) is 19.2. The van der Waals surface area contributed by atoms with E-state index in [4.69, 9.17) is 4.74 Å². The van der Waals surface area contributed by atoms with Gasteiger partial charge in [-0.3, -0.25) is 4.79 Å². The molecule has 5 aliphatic rings. The van der Waals surface area contributed by atoms with Crippen LogP contribution >= 0.6 is 0 Å². The fourth-order valence-corrected chi connectivity index (χ4v) is 10.2. The fraction of sp³-hybridized carbons (Fsp3) is 0.765. The zero-order valence-electron chi connectivity index (χ0n) is 25.3. The van der Waals surface area contributed by atoms with Crippen molar-refractivity contribution in [3.8, 4) is 5.75 Å². The lowest BCUT2D eigenvalue weighted by Crippen LogP contribution is -2.51. The van der Waals surface area contributed by atoms with Crippen LogP contribution in [0.3, 0.4) is 0 Å². The normalized spacial score (nSPS) is 38.1. The molecule has 1 aromatic rings. The summed E-state index contributed by atoms with van der Waals surface area (Å²) in [4.78, 5) is 22.1. The molecular formula is C34H51N3O3. The van der Waals surface area contributed by atoms with Gasteiger partial charge in [-0.2, -0.15) is 0 Å². The van der Waals surface area contributed by atoms with Crippen LogP contribution < -0.4 is 9.64 Å². The molecule has 1 saturated heterocycles. The second kappa shape index (κ2) is 11.0. The van der Waals surface area contributed by atoms with E-state index in [9.17, 15) is 9.90 Å². The Balaban J connectivity index is 1.03. The van der Waals surface area contributed by atoms with E-state index in [2.05, 4.69) is 41.6 Å². The van der Waals surface area contributed by atoms with Gasteiger partial charge in [0.25, 0.3) is 0 Å². The number of pyridine rings is 1. The highest BCUT2D eigenvalue weighted by Crippen LogP contribution is 2.67. The van der Waals surface area contributed by atoms with Gasteiger partial charge in [-0.1, -0.05) is 32.4 Å². The largest absolute Gasteiger partial charge is 0.497 e. The lowest BCUT2D eigenvalue weighted by atomic mass is 9.47. The van der Waals surface area contributed by atoms with Crippen LogP contribution in [-0.4, -0.2) is 60.3 Å². The molecule has 0 aromatic carbocycles. The lowest BCUT2D eigenvalue weighted by Gasteiger charge is -2.58.